The van der Waals surface area contributed by atoms with Gasteiger partial charge in [-0.3, -0.25) is 9.69 Å². The Morgan fingerprint density at radius 3 is 3.10 bits per heavy atom. The molecule has 0 N–H and O–H groups in total. The van der Waals surface area contributed by atoms with E-state index in [1.165, 1.54) is 13.2 Å². The molecule has 1 fully saturated rings. The van der Waals surface area contributed by atoms with Crippen molar-refractivity contribution in [1.82, 2.24) is 4.90 Å². The molecule has 20 heavy (non-hydrogen) atoms. The second-order valence-corrected chi connectivity index (χ2v) is 5.02. The summed E-state index contributed by atoms with van der Waals surface area (Å²) in [5.41, 5.74) is 0.942. The molecule has 1 aromatic carbocycles. The Morgan fingerprint density at radius 2 is 2.40 bits per heavy atom. The highest BCUT2D eigenvalue weighted by molar-refractivity contribution is 5.72. The first kappa shape index (κ1) is 14.5. The topological polar surface area (TPSA) is 53.3 Å². The maximum atomic E-state index is 13.3. The Labute approximate surface area is 117 Å². The fraction of sp³-hybridized carbons (Fsp3) is 0.467. The lowest BCUT2D eigenvalue weighted by atomic mass is 9.97. The Bertz CT molecular complexity index is 539. The first-order valence-electron chi connectivity index (χ1n) is 6.62. The van der Waals surface area contributed by atoms with Crippen LogP contribution in [0.25, 0.3) is 0 Å². The quantitative estimate of drug-likeness (QED) is 0.793. The van der Waals surface area contributed by atoms with Gasteiger partial charge < -0.3 is 4.74 Å². The highest BCUT2D eigenvalue weighted by Gasteiger charge is 2.26. The molecule has 0 aromatic heterocycles. The van der Waals surface area contributed by atoms with Crippen LogP contribution in [0.2, 0.25) is 0 Å². The lowest BCUT2D eigenvalue weighted by Gasteiger charge is -2.31. The predicted molar refractivity (Wildman–Crippen MR) is 71.1 cm³/mol. The third kappa shape index (κ3) is 3.34. The van der Waals surface area contributed by atoms with Crippen LogP contribution >= 0.6 is 0 Å². The van der Waals surface area contributed by atoms with Gasteiger partial charge in [0.15, 0.2) is 0 Å². The van der Waals surface area contributed by atoms with E-state index in [2.05, 4.69) is 4.90 Å². The third-order valence-corrected chi connectivity index (χ3v) is 3.60. The van der Waals surface area contributed by atoms with Crippen molar-refractivity contribution in [1.29, 1.82) is 5.26 Å². The van der Waals surface area contributed by atoms with Crippen LogP contribution in [0.15, 0.2) is 18.2 Å². The first-order chi connectivity index (χ1) is 9.63. The van der Waals surface area contributed by atoms with Gasteiger partial charge in [-0.25, -0.2) is 4.39 Å². The molecule has 2 rings (SSSR count). The molecule has 0 spiro atoms. The molecule has 5 heteroatoms. The Kier molecular flexibility index (Phi) is 4.70. The van der Waals surface area contributed by atoms with Crippen molar-refractivity contribution < 1.29 is 13.9 Å². The van der Waals surface area contributed by atoms with Gasteiger partial charge in [-0.05, 0) is 37.1 Å². The number of hydrogen-bond acceptors (Lipinski definition) is 4. The van der Waals surface area contributed by atoms with Gasteiger partial charge in [0, 0.05) is 13.1 Å². The SMILES string of the molecule is COC(=O)[C@H]1CCCN(Cc2ccc(F)c(C#N)c2)C1. The van der Waals surface area contributed by atoms with Crippen molar-refractivity contribution in [2.45, 2.75) is 19.4 Å². The highest BCUT2D eigenvalue weighted by atomic mass is 19.1. The minimum Gasteiger partial charge on any atom is -0.469 e. The third-order valence-electron chi connectivity index (χ3n) is 3.60. The van der Waals surface area contributed by atoms with Gasteiger partial charge >= 0.3 is 5.97 Å². The van der Waals surface area contributed by atoms with Crippen LogP contribution in [0.1, 0.15) is 24.0 Å². The van der Waals surface area contributed by atoms with E-state index >= 15 is 0 Å². The number of piperidine rings is 1. The number of nitriles is 1. The fourth-order valence-electron chi connectivity index (χ4n) is 2.57. The minimum absolute atomic E-state index is 0.0593. The second kappa shape index (κ2) is 6.49. The van der Waals surface area contributed by atoms with E-state index in [-0.39, 0.29) is 17.5 Å². The molecule has 0 amide bonds. The largest absolute Gasteiger partial charge is 0.469 e. The van der Waals surface area contributed by atoms with Crippen molar-refractivity contribution in [2.75, 3.05) is 20.2 Å². The summed E-state index contributed by atoms with van der Waals surface area (Å²) in [6, 6.07) is 6.40. The number of benzene rings is 1. The van der Waals surface area contributed by atoms with Crippen molar-refractivity contribution in [3.05, 3.63) is 35.1 Å². The molecule has 0 saturated carbocycles. The van der Waals surface area contributed by atoms with Gasteiger partial charge in [0.1, 0.15) is 11.9 Å². The number of rotatable bonds is 3. The van der Waals surface area contributed by atoms with E-state index in [0.717, 1.165) is 24.9 Å². The fourth-order valence-corrected chi connectivity index (χ4v) is 2.57. The molecule has 0 aliphatic carbocycles. The highest BCUT2D eigenvalue weighted by Crippen LogP contribution is 2.20. The van der Waals surface area contributed by atoms with E-state index < -0.39 is 5.82 Å². The number of likely N-dealkylation sites (tertiary alicyclic amines) is 1. The van der Waals surface area contributed by atoms with Crippen LogP contribution in [-0.4, -0.2) is 31.1 Å². The van der Waals surface area contributed by atoms with Crippen LogP contribution < -0.4 is 0 Å². The number of halogens is 1. The van der Waals surface area contributed by atoms with Crippen molar-refractivity contribution in [3.8, 4) is 6.07 Å². The molecule has 1 aliphatic heterocycles. The molecule has 4 nitrogen and oxygen atoms in total. The summed E-state index contributed by atoms with van der Waals surface area (Å²) < 4.78 is 18.0. The van der Waals surface area contributed by atoms with Gasteiger partial charge in [0.05, 0.1) is 18.6 Å². The number of esters is 1. The zero-order valence-corrected chi connectivity index (χ0v) is 11.4. The first-order valence-corrected chi connectivity index (χ1v) is 6.62. The Hall–Kier alpha value is -1.93. The van der Waals surface area contributed by atoms with Crippen molar-refractivity contribution in [2.24, 2.45) is 5.92 Å². The van der Waals surface area contributed by atoms with Gasteiger partial charge in [-0.2, -0.15) is 5.26 Å². The average Bonchev–Trinajstić information content (AvgIpc) is 2.48. The van der Waals surface area contributed by atoms with Crippen LogP contribution in [-0.2, 0) is 16.1 Å². The van der Waals surface area contributed by atoms with Crippen LogP contribution in [0, 0.1) is 23.1 Å². The summed E-state index contributed by atoms with van der Waals surface area (Å²) >= 11 is 0. The van der Waals surface area contributed by atoms with E-state index in [9.17, 15) is 9.18 Å². The lowest BCUT2D eigenvalue weighted by Crippen LogP contribution is -2.38. The molecule has 1 aliphatic rings. The van der Waals surface area contributed by atoms with Gasteiger partial charge in [0.2, 0.25) is 0 Å². The molecule has 0 radical (unpaired) electrons. The molecular weight excluding hydrogens is 259 g/mol. The van der Waals surface area contributed by atoms with E-state index in [4.69, 9.17) is 10.00 Å². The van der Waals surface area contributed by atoms with Gasteiger partial charge in [0.25, 0.3) is 0 Å². The standard InChI is InChI=1S/C15H17FN2O2/c1-20-15(19)12-3-2-6-18(10-12)9-11-4-5-14(16)13(7-11)8-17/h4-5,7,12H,2-3,6,9-10H2,1H3/t12-/m0/s1. The summed E-state index contributed by atoms with van der Waals surface area (Å²) in [7, 11) is 1.40. The van der Waals surface area contributed by atoms with Crippen molar-refractivity contribution >= 4 is 5.97 Å². The summed E-state index contributed by atoms with van der Waals surface area (Å²) in [5.74, 6) is -0.765. The average molecular weight is 276 g/mol. The number of methoxy groups -OCH3 is 1. The van der Waals surface area contributed by atoms with Crippen LogP contribution in [0.3, 0.4) is 0 Å². The molecule has 1 aromatic rings. The lowest BCUT2D eigenvalue weighted by molar-refractivity contribution is -0.147. The monoisotopic (exact) mass is 276 g/mol. The smallest absolute Gasteiger partial charge is 0.309 e. The zero-order valence-electron chi connectivity index (χ0n) is 11.4. The molecule has 1 atom stereocenters. The van der Waals surface area contributed by atoms with E-state index in [1.807, 2.05) is 6.07 Å². The summed E-state index contributed by atoms with van der Waals surface area (Å²) in [4.78, 5) is 13.7. The van der Waals surface area contributed by atoms with Gasteiger partial charge in [-0.15, -0.1) is 0 Å². The number of carbonyl (C=O) groups excluding carboxylic acids is 1. The maximum absolute atomic E-state index is 13.3. The predicted octanol–water partition coefficient (Wildman–Crippen LogP) is 2.08. The second-order valence-electron chi connectivity index (χ2n) is 5.02. The van der Waals surface area contributed by atoms with Crippen molar-refractivity contribution in [3.63, 3.8) is 0 Å². The number of ether oxygens (including phenoxy) is 1. The number of hydrogen-bond donors (Lipinski definition) is 0. The van der Waals surface area contributed by atoms with Crippen LogP contribution in [0.4, 0.5) is 4.39 Å². The molecule has 0 bridgehead atoms. The zero-order chi connectivity index (χ0) is 14.5. The molecule has 0 unspecified atom stereocenters. The van der Waals surface area contributed by atoms with E-state index in [1.54, 1.807) is 12.1 Å². The number of carbonyl (C=O) groups is 1. The normalized spacial score (nSPS) is 19.4. The number of nitrogens with zero attached hydrogens (tertiary/aromatic N) is 2. The Morgan fingerprint density at radius 1 is 1.60 bits per heavy atom. The van der Waals surface area contributed by atoms with Gasteiger partial charge in [-0.1, -0.05) is 6.07 Å². The Balaban J connectivity index is 2.03. The summed E-state index contributed by atoms with van der Waals surface area (Å²) in [6.45, 7) is 2.15. The molecule has 1 heterocycles. The molecular formula is C15H17FN2O2. The van der Waals surface area contributed by atoms with E-state index in [0.29, 0.717) is 13.1 Å². The minimum atomic E-state index is -0.498. The summed E-state index contributed by atoms with van der Waals surface area (Å²) in [5, 5.41) is 8.83. The summed E-state index contributed by atoms with van der Waals surface area (Å²) in [6.07, 6.45) is 1.78. The molecule has 1 saturated heterocycles. The van der Waals surface area contributed by atoms with Crippen LogP contribution in [0.5, 0.6) is 0 Å². The maximum Gasteiger partial charge on any atom is 0.309 e. The molecule has 106 valence electrons.